The Kier molecular flexibility index (Phi) is 3.62. The highest BCUT2D eigenvalue weighted by Crippen LogP contribution is 2.54. The van der Waals surface area contributed by atoms with Gasteiger partial charge >= 0.3 is 5.97 Å². The number of pyridine rings is 1. The molecule has 1 saturated heterocycles. The van der Waals surface area contributed by atoms with Gasteiger partial charge in [-0.3, -0.25) is 4.79 Å². The van der Waals surface area contributed by atoms with Crippen molar-refractivity contribution in [2.45, 2.75) is 37.5 Å². The molecular weight excluding hydrogens is 392 g/mol. The summed E-state index contributed by atoms with van der Waals surface area (Å²) in [6.45, 7) is 1.01. The number of aromatic carboxylic acids is 1. The molecule has 5 rings (SSSR count). The van der Waals surface area contributed by atoms with E-state index in [1.165, 1.54) is 4.57 Å². The third-order valence-corrected chi connectivity index (χ3v) is 6.73. The lowest BCUT2D eigenvalue weighted by Gasteiger charge is -2.23. The Bertz CT molecular complexity index is 1100. The van der Waals surface area contributed by atoms with E-state index in [9.17, 15) is 19.1 Å². The summed E-state index contributed by atoms with van der Waals surface area (Å²) in [4.78, 5) is 25.8. The molecule has 3 N–H and O–H groups in total. The molecule has 1 aliphatic heterocycles. The molecule has 0 radical (unpaired) electrons. The van der Waals surface area contributed by atoms with Crippen LogP contribution in [0.5, 0.6) is 0 Å². The number of anilines is 1. The number of nitrogens with zero attached hydrogens (tertiary/aromatic N) is 2. The first-order chi connectivity index (χ1) is 13.2. The number of nitrogens with two attached hydrogens (primary N) is 1. The molecular formula is C19H18ClF2N3O3. The van der Waals surface area contributed by atoms with Crippen molar-refractivity contribution in [3.8, 4) is 0 Å². The quantitative estimate of drug-likeness (QED) is 0.813. The minimum absolute atomic E-state index is 0.00645. The molecule has 28 heavy (non-hydrogen) atoms. The number of carboxylic acids is 1. The topological polar surface area (TPSA) is 88.6 Å². The summed E-state index contributed by atoms with van der Waals surface area (Å²) >= 11 is 6.56. The largest absolute Gasteiger partial charge is 0.477 e. The molecule has 6 nitrogen and oxygen atoms in total. The van der Waals surface area contributed by atoms with Crippen LogP contribution >= 0.6 is 11.6 Å². The zero-order chi connectivity index (χ0) is 20.0. The van der Waals surface area contributed by atoms with Gasteiger partial charge in [-0.2, -0.15) is 0 Å². The fourth-order valence-electron chi connectivity index (χ4n) is 4.43. The zero-order valence-electron chi connectivity index (χ0n) is 14.8. The first-order valence-corrected chi connectivity index (χ1v) is 9.56. The summed E-state index contributed by atoms with van der Waals surface area (Å²) in [7, 11) is 0. The van der Waals surface area contributed by atoms with Crippen molar-refractivity contribution in [2.75, 3.05) is 18.0 Å². The van der Waals surface area contributed by atoms with Crippen molar-refractivity contribution in [2.24, 2.45) is 11.1 Å². The van der Waals surface area contributed by atoms with Crippen LogP contribution in [-0.4, -0.2) is 40.9 Å². The first kappa shape index (κ1) is 17.9. The van der Waals surface area contributed by atoms with Gasteiger partial charge in [0, 0.05) is 37.2 Å². The molecule has 2 heterocycles. The van der Waals surface area contributed by atoms with Gasteiger partial charge in [0.05, 0.1) is 27.7 Å². The SMILES string of the molecule is N[C@H]1CN(c2c(F)cc3c(=O)c(C(=O)O)cn(C4C[C@H]4F)c3c2Cl)CC12CC2. The molecule has 2 aromatic rings. The molecule has 0 bridgehead atoms. The lowest BCUT2D eigenvalue weighted by molar-refractivity contribution is 0.0694. The van der Waals surface area contributed by atoms with Crippen LogP contribution in [0, 0.1) is 11.2 Å². The average Bonchev–Trinajstić information content (AvgIpc) is 3.51. The summed E-state index contributed by atoms with van der Waals surface area (Å²) in [5.41, 5.74) is 5.15. The molecule has 148 valence electrons. The van der Waals surface area contributed by atoms with Crippen LogP contribution in [0.2, 0.25) is 5.02 Å². The fraction of sp³-hybridized carbons (Fsp3) is 0.474. The Labute approximate surface area is 163 Å². The lowest BCUT2D eigenvalue weighted by Crippen LogP contribution is -2.30. The van der Waals surface area contributed by atoms with Crippen molar-refractivity contribution < 1.29 is 18.7 Å². The molecule has 3 atom stereocenters. The Morgan fingerprint density at radius 2 is 2.07 bits per heavy atom. The highest BCUT2D eigenvalue weighted by atomic mass is 35.5. The molecule has 3 aliphatic rings. The first-order valence-electron chi connectivity index (χ1n) is 9.18. The van der Waals surface area contributed by atoms with Crippen molar-refractivity contribution in [3.63, 3.8) is 0 Å². The predicted octanol–water partition coefficient (Wildman–Crippen LogP) is 2.70. The molecule has 1 unspecified atom stereocenters. The van der Waals surface area contributed by atoms with Crippen molar-refractivity contribution >= 4 is 34.2 Å². The van der Waals surface area contributed by atoms with Crippen LogP contribution in [0.15, 0.2) is 17.1 Å². The number of rotatable bonds is 3. The van der Waals surface area contributed by atoms with E-state index in [4.69, 9.17) is 17.3 Å². The number of fused-ring (bicyclic) bond motifs is 1. The second kappa shape index (κ2) is 5.67. The standard InChI is InChI=1S/C19H18ClF2N3O3/c20-14-15-8(17(26)9(18(27)28)5-25(15)12-4-10(12)21)3-11(22)16(14)24-6-13(23)19(7-24)1-2-19/h3,5,10,12-13H,1-2,4,6-7,23H2,(H,27,28)/t10-,12?,13+/m1/s1. The monoisotopic (exact) mass is 409 g/mol. The van der Waals surface area contributed by atoms with Gasteiger partial charge in [0.25, 0.3) is 0 Å². The normalized spacial score (nSPS) is 27.6. The van der Waals surface area contributed by atoms with E-state index < -0.39 is 35.0 Å². The second-order valence-corrected chi connectivity index (χ2v) is 8.55. The number of carbonyl (C=O) groups is 1. The number of aromatic nitrogens is 1. The average molecular weight is 410 g/mol. The van der Waals surface area contributed by atoms with E-state index in [1.54, 1.807) is 4.90 Å². The van der Waals surface area contributed by atoms with Crippen LogP contribution in [0.3, 0.4) is 0 Å². The van der Waals surface area contributed by atoms with Crippen LogP contribution in [-0.2, 0) is 0 Å². The molecule has 2 saturated carbocycles. The molecule has 3 fully saturated rings. The molecule has 1 aromatic carbocycles. The smallest absolute Gasteiger partial charge is 0.341 e. The number of alkyl halides is 1. The van der Waals surface area contributed by atoms with Crippen LogP contribution in [0.25, 0.3) is 10.9 Å². The van der Waals surface area contributed by atoms with Gasteiger partial charge in [-0.1, -0.05) is 11.6 Å². The van der Waals surface area contributed by atoms with Gasteiger partial charge in [-0.25, -0.2) is 13.6 Å². The minimum atomic E-state index is -1.45. The van der Waals surface area contributed by atoms with Gasteiger partial charge in [-0.15, -0.1) is 0 Å². The molecule has 1 spiro atoms. The highest BCUT2D eigenvalue weighted by Gasteiger charge is 2.54. The second-order valence-electron chi connectivity index (χ2n) is 8.17. The summed E-state index contributed by atoms with van der Waals surface area (Å²) in [5, 5.41) is 9.16. The number of benzene rings is 1. The Morgan fingerprint density at radius 1 is 1.39 bits per heavy atom. The van der Waals surface area contributed by atoms with Gasteiger partial charge in [-0.05, 0) is 18.9 Å². The number of hydrogen-bond donors (Lipinski definition) is 2. The van der Waals surface area contributed by atoms with Crippen LogP contribution < -0.4 is 16.1 Å². The van der Waals surface area contributed by atoms with E-state index in [-0.39, 0.29) is 39.5 Å². The predicted molar refractivity (Wildman–Crippen MR) is 101 cm³/mol. The molecule has 9 heteroatoms. The lowest BCUT2D eigenvalue weighted by atomic mass is 10.0. The van der Waals surface area contributed by atoms with Gasteiger partial charge in [0.1, 0.15) is 17.6 Å². The Hall–Kier alpha value is -2.19. The van der Waals surface area contributed by atoms with Crippen molar-refractivity contribution in [1.82, 2.24) is 4.57 Å². The number of carboxylic acid groups (broad SMARTS) is 1. The third-order valence-electron chi connectivity index (χ3n) is 6.37. The van der Waals surface area contributed by atoms with E-state index in [1.807, 2.05) is 0 Å². The summed E-state index contributed by atoms with van der Waals surface area (Å²) in [6.07, 6.45) is 2.11. The van der Waals surface area contributed by atoms with Gasteiger partial charge < -0.3 is 20.3 Å². The maximum Gasteiger partial charge on any atom is 0.341 e. The summed E-state index contributed by atoms with van der Waals surface area (Å²) in [6, 6.07) is 0.308. The van der Waals surface area contributed by atoms with E-state index in [2.05, 4.69) is 0 Å². The Morgan fingerprint density at radius 3 is 2.61 bits per heavy atom. The maximum absolute atomic E-state index is 15.0. The zero-order valence-corrected chi connectivity index (χ0v) is 15.5. The van der Waals surface area contributed by atoms with E-state index >= 15 is 4.39 Å². The fourth-order valence-corrected chi connectivity index (χ4v) is 4.84. The third kappa shape index (κ3) is 2.40. The van der Waals surface area contributed by atoms with Crippen molar-refractivity contribution in [1.29, 1.82) is 0 Å². The van der Waals surface area contributed by atoms with Crippen LogP contribution in [0.1, 0.15) is 35.7 Å². The summed E-state index contributed by atoms with van der Waals surface area (Å²) in [5.74, 6) is -2.15. The van der Waals surface area contributed by atoms with E-state index in [0.29, 0.717) is 13.1 Å². The highest BCUT2D eigenvalue weighted by molar-refractivity contribution is 6.38. The van der Waals surface area contributed by atoms with Gasteiger partial charge in [0.15, 0.2) is 0 Å². The maximum atomic E-state index is 15.0. The summed E-state index contributed by atoms with van der Waals surface area (Å²) < 4.78 is 30.2. The molecule has 1 aromatic heterocycles. The molecule has 0 amide bonds. The molecule has 2 aliphatic carbocycles. The minimum Gasteiger partial charge on any atom is -0.477 e. The number of hydrogen-bond acceptors (Lipinski definition) is 4. The van der Waals surface area contributed by atoms with Gasteiger partial charge in [0.2, 0.25) is 5.43 Å². The Balaban J connectivity index is 1.75. The number of halogens is 3. The van der Waals surface area contributed by atoms with Crippen molar-refractivity contribution in [3.05, 3.63) is 38.9 Å². The van der Waals surface area contributed by atoms with Crippen LogP contribution in [0.4, 0.5) is 14.5 Å². The van der Waals surface area contributed by atoms with E-state index in [0.717, 1.165) is 25.1 Å².